The van der Waals surface area contributed by atoms with Crippen LogP contribution in [0.2, 0.25) is 0 Å². The van der Waals surface area contributed by atoms with Gasteiger partial charge in [-0.05, 0) is 29.6 Å². The predicted octanol–water partition coefficient (Wildman–Crippen LogP) is 4.37. The highest BCUT2D eigenvalue weighted by Gasteiger charge is 2.17. The van der Waals surface area contributed by atoms with E-state index in [0.717, 1.165) is 10.4 Å². The molecular formula is C22H18N2O4S. The second-order valence-electron chi connectivity index (χ2n) is 6.51. The first-order chi connectivity index (χ1) is 14.1. The molecule has 146 valence electrons. The number of nitrogens with zero attached hydrogens (tertiary/aromatic N) is 2. The quantitative estimate of drug-likeness (QED) is 0.445. The van der Waals surface area contributed by atoms with Gasteiger partial charge in [-0.3, -0.25) is 4.79 Å². The Hall–Kier alpha value is -3.45. The molecule has 0 aliphatic rings. The van der Waals surface area contributed by atoms with Gasteiger partial charge in [0.25, 0.3) is 5.91 Å². The zero-order valence-electron chi connectivity index (χ0n) is 15.7. The van der Waals surface area contributed by atoms with Crippen molar-refractivity contribution in [2.45, 2.75) is 6.54 Å². The molecule has 0 aliphatic carbocycles. The molecule has 2 aromatic heterocycles. The van der Waals surface area contributed by atoms with Crippen molar-refractivity contribution in [2.24, 2.45) is 0 Å². The summed E-state index contributed by atoms with van der Waals surface area (Å²) in [5.74, 6) is -0.241. The van der Waals surface area contributed by atoms with E-state index in [0.29, 0.717) is 28.8 Å². The maximum absolute atomic E-state index is 12.5. The van der Waals surface area contributed by atoms with Crippen LogP contribution < -0.4 is 0 Å². The molecule has 0 saturated carbocycles. The van der Waals surface area contributed by atoms with Gasteiger partial charge in [0.1, 0.15) is 5.52 Å². The van der Waals surface area contributed by atoms with Gasteiger partial charge in [-0.25, -0.2) is 4.79 Å². The van der Waals surface area contributed by atoms with Gasteiger partial charge in [0.05, 0.1) is 17.5 Å². The molecule has 0 radical (unpaired) electrons. The summed E-state index contributed by atoms with van der Waals surface area (Å²) in [6.45, 7) is 0.176. The summed E-state index contributed by atoms with van der Waals surface area (Å²) >= 11 is 1.57. The van der Waals surface area contributed by atoms with Gasteiger partial charge in [0.2, 0.25) is 0 Å². The molecule has 2 aromatic carbocycles. The fraction of sp³-hybridized carbons (Fsp3) is 0.136. The van der Waals surface area contributed by atoms with Crippen molar-refractivity contribution < 1.29 is 18.8 Å². The van der Waals surface area contributed by atoms with Gasteiger partial charge >= 0.3 is 5.97 Å². The van der Waals surface area contributed by atoms with Crippen LogP contribution in [-0.4, -0.2) is 35.6 Å². The van der Waals surface area contributed by atoms with Crippen molar-refractivity contribution in [3.63, 3.8) is 0 Å². The molecule has 0 unspecified atom stereocenters. The summed E-state index contributed by atoms with van der Waals surface area (Å²) in [7, 11) is 1.69. The number of fused-ring (bicyclic) bond motifs is 1. The third-order valence-electron chi connectivity index (χ3n) is 4.47. The van der Waals surface area contributed by atoms with Crippen LogP contribution in [0, 0.1) is 0 Å². The second kappa shape index (κ2) is 8.28. The molecule has 7 heteroatoms. The molecule has 0 aliphatic heterocycles. The fourth-order valence-electron chi connectivity index (χ4n) is 2.91. The smallest absolute Gasteiger partial charge is 0.338 e. The lowest BCUT2D eigenvalue weighted by molar-refractivity contribution is -0.133. The minimum absolute atomic E-state index is 0.261. The number of esters is 1. The van der Waals surface area contributed by atoms with E-state index in [9.17, 15) is 9.59 Å². The minimum atomic E-state index is -0.565. The number of hydrogen-bond acceptors (Lipinski definition) is 6. The van der Waals surface area contributed by atoms with E-state index in [1.165, 1.54) is 4.90 Å². The van der Waals surface area contributed by atoms with Crippen LogP contribution in [0.1, 0.15) is 15.2 Å². The Morgan fingerprint density at radius 2 is 1.93 bits per heavy atom. The minimum Gasteiger partial charge on any atom is -0.452 e. The molecule has 0 atom stereocenters. The van der Waals surface area contributed by atoms with Crippen molar-refractivity contribution in [3.05, 3.63) is 76.5 Å². The van der Waals surface area contributed by atoms with Crippen molar-refractivity contribution in [2.75, 3.05) is 13.7 Å². The largest absolute Gasteiger partial charge is 0.452 e. The van der Waals surface area contributed by atoms with Crippen LogP contribution in [0.5, 0.6) is 0 Å². The average molecular weight is 406 g/mol. The molecule has 4 aromatic rings. The monoisotopic (exact) mass is 406 g/mol. The van der Waals surface area contributed by atoms with Gasteiger partial charge < -0.3 is 14.2 Å². The normalized spacial score (nSPS) is 10.8. The van der Waals surface area contributed by atoms with E-state index in [-0.39, 0.29) is 12.5 Å². The van der Waals surface area contributed by atoms with Crippen LogP contribution in [0.15, 0.2) is 70.6 Å². The lowest BCUT2D eigenvalue weighted by Crippen LogP contribution is -2.30. The fourth-order valence-corrected chi connectivity index (χ4v) is 3.67. The highest BCUT2D eigenvalue weighted by molar-refractivity contribution is 7.09. The van der Waals surface area contributed by atoms with Gasteiger partial charge in [-0.1, -0.05) is 41.6 Å². The number of carbonyl (C=O) groups is 2. The summed E-state index contributed by atoms with van der Waals surface area (Å²) < 4.78 is 10.7. The highest BCUT2D eigenvalue weighted by Crippen LogP contribution is 2.29. The number of carbonyl (C=O) groups excluding carboxylic acids is 2. The van der Waals surface area contributed by atoms with Crippen molar-refractivity contribution in [1.82, 2.24) is 10.1 Å². The standard InChI is InChI=1S/C22H18N2O4S/c1-24(13-17-8-5-11-29-17)20(25)14-27-22(26)16-9-10-19-18(12-16)21(28-23-19)15-6-3-2-4-7-15/h2-12H,13-14H2,1H3. The second-order valence-corrected chi connectivity index (χ2v) is 7.55. The van der Waals surface area contributed by atoms with E-state index in [1.807, 2.05) is 47.8 Å². The third-order valence-corrected chi connectivity index (χ3v) is 5.33. The van der Waals surface area contributed by atoms with Gasteiger partial charge in [-0.15, -0.1) is 11.3 Å². The zero-order chi connectivity index (χ0) is 20.2. The maximum atomic E-state index is 12.5. The number of likely N-dealkylation sites (N-methyl/N-ethyl adjacent to an activating group) is 1. The molecule has 0 bridgehead atoms. The van der Waals surface area contributed by atoms with Crippen molar-refractivity contribution in [1.29, 1.82) is 0 Å². The zero-order valence-corrected chi connectivity index (χ0v) is 16.5. The first-order valence-electron chi connectivity index (χ1n) is 9.00. The van der Waals surface area contributed by atoms with E-state index < -0.39 is 5.97 Å². The summed E-state index contributed by atoms with van der Waals surface area (Å²) in [6.07, 6.45) is 0. The lowest BCUT2D eigenvalue weighted by atomic mass is 10.1. The number of benzene rings is 2. The Balaban J connectivity index is 1.45. The van der Waals surface area contributed by atoms with E-state index >= 15 is 0 Å². The predicted molar refractivity (Wildman–Crippen MR) is 111 cm³/mol. The molecule has 0 saturated heterocycles. The Morgan fingerprint density at radius 3 is 2.69 bits per heavy atom. The molecule has 0 N–H and O–H groups in total. The molecular weight excluding hydrogens is 388 g/mol. The molecule has 0 fully saturated rings. The summed E-state index contributed by atoms with van der Waals surface area (Å²) in [6, 6.07) is 18.4. The Morgan fingerprint density at radius 1 is 1.10 bits per heavy atom. The SMILES string of the molecule is CN(Cc1cccs1)C(=O)COC(=O)c1ccc2noc(-c3ccccc3)c2c1. The van der Waals surface area contributed by atoms with Gasteiger partial charge in [0.15, 0.2) is 12.4 Å². The van der Waals surface area contributed by atoms with Crippen molar-refractivity contribution in [3.8, 4) is 11.3 Å². The summed E-state index contributed by atoms with van der Waals surface area (Å²) in [5.41, 5.74) is 1.85. The summed E-state index contributed by atoms with van der Waals surface area (Å²) in [4.78, 5) is 27.3. The molecule has 2 heterocycles. The third kappa shape index (κ3) is 4.20. The first kappa shape index (κ1) is 18.9. The van der Waals surface area contributed by atoms with Crippen LogP contribution in [0.4, 0.5) is 0 Å². The van der Waals surface area contributed by atoms with Crippen LogP contribution in [-0.2, 0) is 16.1 Å². The average Bonchev–Trinajstić information content (AvgIpc) is 3.41. The van der Waals surface area contributed by atoms with E-state index in [2.05, 4.69) is 5.16 Å². The molecule has 29 heavy (non-hydrogen) atoms. The molecule has 6 nitrogen and oxygen atoms in total. The maximum Gasteiger partial charge on any atom is 0.338 e. The molecule has 1 amide bonds. The van der Waals surface area contributed by atoms with Crippen LogP contribution >= 0.6 is 11.3 Å². The number of hydrogen-bond donors (Lipinski definition) is 0. The molecule has 0 spiro atoms. The summed E-state index contributed by atoms with van der Waals surface area (Å²) in [5, 5.41) is 6.71. The number of aromatic nitrogens is 1. The van der Waals surface area contributed by atoms with Gasteiger partial charge in [0, 0.05) is 17.5 Å². The van der Waals surface area contributed by atoms with E-state index in [1.54, 1.807) is 36.6 Å². The van der Waals surface area contributed by atoms with Crippen LogP contribution in [0.25, 0.3) is 22.2 Å². The Kier molecular flexibility index (Phi) is 5.39. The number of ether oxygens (including phenoxy) is 1. The highest BCUT2D eigenvalue weighted by atomic mass is 32.1. The first-order valence-corrected chi connectivity index (χ1v) is 9.88. The number of thiophene rings is 1. The number of rotatable bonds is 6. The van der Waals surface area contributed by atoms with Gasteiger partial charge in [-0.2, -0.15) is 0 Å². The van der Waals surface area contributed by atoms with E-state index in [4.69, 9.17) is 9.26 Å². The molecule has 4 rings (SSSR count). The Labute approximate surface area is 171 Å². The van der Waals surface area contributed by atoms with Crippen molar-refractivity contribution >= 4 is 34.1 Å². The topological polar surface area (TPSA) is 72.6 Å². The Bertz CT molecular complexity index is 1140. The lowest BCUT2D eigenvalue weighted by Gasteiger charge is -2.16. The number of amides is 1. The van der Waals surface area contributed by atoms with Crippen LogP contribution in [0.3, 0.4) is 0 Å².